The first-order valence-electron chi connectivity index (χ1n) is 11.2. The number of aromatic nitrogens is 1. The van der Waals surface area contributed by atoms with Crippen LogP contribution in [0.1, 0.15) is 55.9 Å². The molecule has 1 saturated carbocycles. The summed E-state index contributed by atoms with van der Waals surface area (Å²) in [6.45, 7) is 4.94. The summed E-state index contributed by atoms with van der Waals surface area (Å²) in [6.07, 6.45) is 9.08. The first-order valence-corrected chi connectivity index (χ1v) is 12.0. The minimum atomic E-state index is 0.400. The molecule has 2 aliphatic heterocycles. The molecule has 5 heteroatoms. The van der Waals surface area contributed by atoms with E-state index in [1.54, 1.807) is 0 Å². The fourth-order valence-corrected chi connectivity index (χ4v) is 6.80. The van der Waals surface area contributed by atoms with Crippen LogP contribution in [0.25, 0.3) is 10.2 Å². The maximum atomic E-state index is 12.9. The Balaban J connectivity index is 1.13. The molecule has 3 heterocycles. The van der Waals surface area contributed by atoms with Crippen molar-refractivity contribution in [2.45, 2.75) is 50.9 Å². The minimum absolute atomic E-state index is 0.400. The molecule has 2 saturated heterocycles. The van der Waals surface area contributed by atoms with E-state index in [1.165, 1.54) is 46.7 Å². The van der Waals surface area contributed by atoms with Crippen LogP contribution in [-0.4, -0.2) is 48.5 Å². The van der Waals surface area contributed by atoms with E-state index in [1.807, 2.05) is 11.3 Å². The molecule has 0 bridgehead atoms. The van der Waals surface area contributed by atoms with Gasteiger partial charge in [-0.05, 0) is 36.8 Å². The zero-order valence-corrected chi connectivity index (χ0v) is 17.6. The standard InChI is InChI=1S/C23H31N3OS/c27-22(26-14-11-17-5-1-2-6-19(17)15-26)16-25-12-9-18(10-13-25)23-24-20-7-3-4-8-21(20)28-23/h3-4,7-8,17-19H,1-2,5-6,9-16H2/p+1/t17-,19-/m1/s1. The van der Waals surface area contributed by atoms with E-state index in [-0.39, 0.29) is 0 Å². The second-order valence-corrected chi connectivity index (χ2v) is 10.2. The zero-order chi connectivity index (χ0) is 18.9. The topological polar surface area (TPSA) is 37.6 Å². The molecule has 2 atom stereocenters. The molecule has 0 unspecified atom stereocenters. The summed E-state index contributed by atoms with van der Waals surface area (Å²) < 4.78 is 1.30. The number of benzene rings is 1. The predicted molar refractivity (Wildman–Crippen MR) is 114 cm³/mol. The lowest BCUT2D eigenvalue weighted by atomic mass is 9.75. The lowest BCUT2D eigenvalue weighted by Crippen LogP contribution is -3.14. The molecule has 0 spiro atoms. The van der Waals surface area contributed by atoms with E-state index in [2.05, 4.69) is 29.2 Å². The van der Waals surface area contributed by atoms with Gasteiger partial charge in [-0.25, -0.2) is 4.98 Å². The van der Waals surface area contributed by atoms with Gasteiger partial charge >= 0.3 is 0 Å². The van der Waals surface area contributed by atoms with Gasteiger partial charge in [0, 0.05) is 31.8 Å². The molecule has 0 radical (unpaired) electrons. The quantitative estimate of drug-likeness (QED) is 0.863. The van der Waals surface area contributed by atoms with Gasteiger partial charge in [-0.3, -0.25) is 4.79 Å². The monoisotopic (exact) mass is 398 g/mol. The first-order chi connectivity index (χ1) is 13.8. The molecule has 1 aliphatic carbocycles. The van der Waals surface area contributed by atoms with Crippen LogP contribution in [0.4, 0.5) is 0 Å². The number of piperidine rings is 2. The number of hydrogen-bond acceptors (Lipinski definition) is 3. The molecule has 28 heavy (non-hydrogen) atoms. The van der Waals surface area contributed by atoms with Crippen LogP contribution in [-0.2, 0) is 4.79 Å². The Labute approximate surface area is 171 Å². The predicted octanol–water partition coefficient (Wildman–Crippen LogP) is 3.10. The summed E-state index contributed by atoms with van der Waals surface area (Å²) in [5, 5.41) is 1.30. The number of nitrogens with one attached hydrogen (secondary N) is 1. The highest BCUT2D eigenvalue weighted by molar-refractivity contribution is 7.18. The molecule has 1 amide bonds. The fraction of sp³-hybridized carbons (Fsp3) is 0.652. The molecular weight excluding hydrogens is 366 g/mol. The highest BCUT2D eigenvalue weighted by Crippen LogP contribution is 2.36. The van der Waals surface area contributed by atoms with Gasteiger partial charge in [0.2, 0.25) is 0 Å². The highest BCUT2D eigenvalue weighted by atomic mass is 32.1. The maximum absolute atomic E-state index is 12.9. The summed E-state index contributed by atoms with van der Waals surface area (Å²) in [5.74, 6) is 2.66. The third-order valence-corrected chi connectivity index (χ3v) is 8.60. The molecule has 3 aliphatic rings. The molecule has 150 valence electrons. The van der Waals surface area contributed by atoms with Crippen LogP contribution < -0.4 is 4.90 Å². The van der Waals surface area contributed by atoms with E-state index in [0.717, 1.165) is 56.4 Å². The molecule has 4 nitrogen and oxygen atoms in total. The summed E-state index contributed by atoms with van der Waals surface area (Å²) in [5.41, 5.74) is 1.14. The van der Waals surface area contributed by atoms with E-state index < -0.39 is 0 Å². The van der Waals surface area contributed by atoms with Gasteiger partial charge in [0.15, 0.2) is 6.54 Å². The minimum Gasteiger partial charge on any atom is -0.338 e. The van der Waals surface area contributed by atoms with Crippen LogP contribution in [0, 0.1) is 11.8 Å². The lowest BCUT2D eigenvalue weighted by Gasteiger charge is -2.41. The van der Waals surface area contributed by atoms with Crippen molar-refractivity contribution in [3.05, 3.63) is 29.3 Å². The molecular formula is C23H32N3OS+. The molecule has 3 fully saturated rings. The molecule has 5 rings (SSSR count). The zero-order valence-electron chi connectivity index (χ0n) is 16.7. The molecule has 2 aromatic rings. The first kappa shape index (κ1) is 18.6. The average Bonchev–Trinajstić information content (AvgIpc) is 3.18. The Morgan fingerprint density at radius 1 is 1.07 bits per heavy atom. The number of amides is 1. The van der Waals surface area contributed by atoms with Crippen LogP contribution in [0.15, 0.2) is 24.3 Å². The third kappa shape index (κ3) is 3.84. The Hall–Kier alpha value is -1.46. The Morgan fingerprint density at radius 3 is 2.68 bits per heavy atom. The molecule has 1 aromatic heterocycles. The normalized spacial score (nSPS) is 30.9. The van der Waals surface area contributed by atoms with Gasteiger partial charge in [-0.15, -0.1) is 11.3 Å². The SMILES string of the molecule is O=C(C[NH+]1CCC(c2nc3ccccc3s2)CC1)N1CC[C@H]2CCCC[C@@H]2C1. The van der Waals surface area contributed by atoms with Gasteiger partial charge in [0.1, 0.15) is 0 Å². The maximum Gasteiger partial charge on any atom is 0.277 e. The Morgan fingerprint density at radius 2 is 1.86 bits per heavy atom. The Bertz CT molecular complexity index is 793. The largest absolute Gasteiger partial charge is 0.338 e. The summed E-state index contributed by atoms with van der Waals surface area (Å²) >= 11 is 1.86. The third-order valence-electron chi connectivity index (χ3n) is 7.40. The van der Waals surface area contributed by atoms with E-state index in [4.69, 9.17) is 4.98 Å². The fourth-order valence-electron chi connectivity index (χ4n) is 5.67. The van der Waals surface area contributed by atoms with Crippen molar-refractivity contribution in [3.63, 3.8) is 0 Å². The summed E-state index contributed by atoms with van der Waals surface area (Å²) in [6, 6.07) is 8.45. The van der Waals surface area contributed by atoms with Crippen molar-refractivity contribution in [1.29, 1.82) is 0 Å². The highest BCUT2D eigenvalue weighted by Gasteiger charge is 2.34. The van der Waals surface area contributed by atoms with Gasteiger partial charge in [-0.1, -0.05) is 31.4 Å². The number of carbonyl (C=O) groups is 1. The van der Waals surface area contributed by atoms with Gasteiger partial charge < -0.3 is 9.80 Å². The van der Waals surface area contributed by atoms with Crippen molar-refractivity contribution in [3.8, 4) is 0 Å². The number of fused-ring (bicyclic) bond motifs is 2. The number of carbonyl (C=O) groups excluding carboxylic acids is 1. The number of rotatable bonds is 3. The van der Waals surface area contributed by atoms with Gasteiger partial charge in [0.25, 0.3) is 5.91 Å². The van der Waals surface area contributed by atoms with Crippen LogP contribution in [0.5, 0.6) is 0 Å². The average molecular weight is 399 g/mol. The summed E-state index contributed by atoms with van der Waals surface area (Å²) in [7, 11) is 0. The number of quaternary nitrogens is 1. The Kier molecular flexibility index (Phi) is 5.38. The van der Waals surface area contributed by atoms with Gasteiger partial charge in [0.05, 0.1) is 28.3 Å². The summed E-state index contributed by atoms with van der Waals surface area (Å²) in [4.78, 5) is 21.4. The van der Waals surface area contributed by atoms with Crippen LogP contribution in [0.3, 0.4) is 0 Å². The lowest BCUT2D eigenvalue weighted by molar-refractivity contribution is -0.897. The number of nitrogens with zero attached hydrogens (tertiary/aromatic N) is 2. The van der Waals surface area contributed by atoms with E-state index in [9.17, 15) is 4.79 Å². The van der Waals surface area contributed by atoms with Crippen LogP contribution in [0.2, 0.25) is 0 Å². The van der Waals surface area contributed by atoms with Crippen LogP contribution >= 0.6 is 11.3 Å². The number of hydrogen-bond donors (Lipinski definition) is 1. The van der Waals surface area contributed by atoms with Crippen molar-refractivity contribution < 1.29 is 9.69 Å². The van der Waals surface area contributed by atoms with E-state index >= 15 is 0 Å². The second kappa shape index (κ2) is 8.11. The number of para-hydroxylation sites is 1. The molecule has 1 aromatic carbocycles. The van der Waals surface area contributed by atoms with Gasteiger partial charge in [-0.2, -0.15) is 0 Å². The van der Waals surface area contributed by atoms with Crippen molar-refractivity contribution in [2.24, 2.45) is 11.8 Å². The smallest absolute Gasteiger partial charge is 0.277 e. The molecule has 1 N–H and O–H groups in total. The van der Waals surface area contributed by atoms with Crippen molar-refractivity contribution in [2.75, 3.05) is 32.7 Å². The van der Waals surface area contributed by atoms with E-state index in [0.29, 0.717) is 18.4 Å². The van der Waals surface area contributed by atoms with Crippen molar-refractivity contribution in [1.82, 2.24) is 9.88 Å². The number of likely N-dealkylation sites (tertiary alicyclic amines) is 2. The number of thiazole rings is 1. The second-order valence-electron chi connectivity index (χ2n) is 9.15. The van der Waals surface area contributed by atoms with Crippen molar-refractivity contribution >= 4 is 27.5 Å².